The Morgan fingerprint density at radius 2 is 1.57 bits per heavy atom. The summed E-state index contributed by atoms with van der Waals surface area (Å²) in [5, 5.41) is 2.75. The Balaban J connectivity index is 1.90. The molecule has 7 heteroatoms. The van der Waals surface area contributed by atoms with Crippen molar-refractivity contribution in [2.24, 2.45) is 0 Å². The summed E-state index contributed by atoms with van der Waals surface area (Å²) < 4.78 is 27.1. The fraction of sp³-hybridized carbons (Fsp3) is 0.130. The zero-order chi connectivity index (χ0) is 21.9. The van der Waals surface area contributed by atoms with Crippen molar-refractivity contribution in [3.05, 3.63) is 89.5 Å². The zero-order valence-corrected chi connectivity index (χ0v) is 17.7. The SMILES string of the molecule is CC(=O)c1cccc(NC(=O)c2ccc(C)c(N(C)S(=O)(=O)c3ccccc3)c2)c1. The molecule has 0 radical (unpaired) electrons. The van der Waals surface area contributed by atoms with Gasteiger partial charge in [-0.15, -0.1) is 0 Å². The van der Waals surface area contributed by atoms with Gasteiger partial charge in [-0.05, 0) is 55.8 Å². The standard InChI is InChI=1S/C23H22N2O4S/c1-16-12-13-19(23(27)24-20-9-7-8-18(14-20)17(2)26)15-22(16)25(3)30(28,29)21-10-5-4-6-11-21/h4-15H,1-3H3,(H,24,27). The summed E-state index contributed by atoms with van der Waals surface area (Å²) in [5.74, 6) is -0.501. The highest BCUT2D eigenvalue weighted by Crippen LogP contribution is 2.27. The first-order valence-electron chi connectivity index (χ1n) is 9.27. The number of nitrogens with one attached hydrogen (secondary N) is 1. The van der Waals surface area contributed by atoms with E-state index in [1.54, 1.807) is 67.6 Å². The van der Waals surface area contributed by atoms with Crippen molar-refractivity contribution in [3.63, 3.8) is 0 Å². The highest BCUT2D eigenvalue weighted by molar-refractivity contribution is 7.92. The highest BCUT2D eigenvalue weighted by atomic mass is 32.2. The number of amides is 1. The summed E-state index contributed by atoms with van der Waals surface area (Å²) >= 11 is 0. The molecule has 3 aromatic rings. The van der Waals surface area contributed by atoms with E-state index < -0.39 is 15.9 Å². The molecule has 0 heterocycles. The van der Waals surface area contributed by atoms with E-state index in [4.69, 9.17) is 0 Å². The normalized spacial score (nSPS) is 11.0. The number of anilines is 2. The molecule has 0 bridgehead atoms. The van der Waals surface area contributed by atoms with Crippen LogP contribution in [0, 0.1) is 6.92 Å². The van der Waals surface area contributed by atoms with Crippen molar-refractivity contribution >= 4 is 33.1 Å². The number of nitrogens with zero attached hydrogens (tertiary/aromatic N) is 1. The maximum absolute atomic E-state index is 13.0. The summed E-state index contributed by atoms with van der Waals surface area (Å²) in [6, 6.07) is 19.6. The molecule has 0 aliphatic rings. The second kappa shape index (κ2) is 8.51. The lowest BCUT2D eigenvalue weighted by molar-refractivity contribution is 0.101. The minimum Gasteiger partial charge on any atom is -0.322 e. The van der Waals surface area contributed by atoms with Gasteiger partial charge in [0.1, 0.15) is 0 Å². The molecule has 0 aromatic heterocycles. The smallest absolute Gasteiger partial charge is 0.264 e. The van der Waals surface area contributed by atoms with E-state index >= 15 is 0 Å². The van der Waals surface area contributed by atoms with Gasteiger partial charge in [-0.25, -0.2) is 8.42 Å². The van der Waals surface area contributed by atoms with Crippen LogP contribution in [-0.2, 0) is 10.0 Å². The number of carbonyl (C=O) groups is 2. The summed E-state index contributed by atoms with van der Waals surface area (Å²) in [5.41, 5.74) is 2.40. The molecule has 0 saturated heterocycles. The minimum atomic E-state index is -3.77. The fourth-order valence-electron chi connectivity index (χ4n) is 2.99. The molecule has 3 aromatic carbocycles. The second-order valence-corrected chi connectivity index (χ2v) is 8.85. The monoisotopic (exact) mass is 422 g/mol. The number of rotatable bonds is 6. The van der Waals surface area contributed by atoms with Gasteiger partial charge in [-0.2, -0.15) is 0 Å². The largest absolute Gasteiger partial charge is 0.322 e. The summed E-state index contributed by atoms with van der Waals surface area (Å²) in [6.45, 7) is 3.24. The highest BCUT2D eigenvalue weighted by Gasteiger charge is 2.23. The van der Waals surface area contributed by atoms with Gasteiger partial charge in [0.15, 0.2) is 5.78 Å². The molecule has 1 N–H and O–H groups in total. The maximum atomic E-state index is 13.0. The molecule has 1 amide bonds. The molecule has 0 saturated carbocycles. The van der Waals surface area contributed by atoms with E-state index in [0.717, 1.165) is 0 Å². The van der Waals surface area contributed by atoms with Gasteiger partial charge in [-0.1, -0.05) is 36.4 Å². The molecular weight excluding hydrogens is 400 g/mol. The predicted octanol–water partition coefficient (Wildman–Crippen LogP) is 4.28. The summed E-state index contributed by atoms with van der Waals surface area (Å²) in [4.78, 5) is 24.5. The number of hydrogen-bond donors (Lipinski definition) is 1. The van der Waals surface area contributed by atoms with Crippen LogP contribution in [0.3, 0.4) is 0 Å². The first-order valence-corrected chi connectivity index (χ1v) is 10.7. The van der Waals surface area contributed by atoms with E-state index in [1.807, 2.05) is 0 Å². The number of ketones is 1. The fourth-order valence-corrected chi connectivity index (χ4v) is 4.26. The first-order chi connectivity index (χ1) is 14.2. The van der Waals surface area contributed by atoms with E-state index in [9.17, 15) is 18.0 Å². The topological polar surface area (TPSA) is 83.6 Å². The van der Waals surface area contributed by atoms with Gasteiger partial charge >= 0.3 is 0 Å². The van der Waals surface area contributed by atoms with Crippen LogP contribution >= 0.6 is 0 Å². The Labute approximate surface area is 176 Å². The quantitative estimate of drug-likeness (QED) is 0.601. The van der Waals surface area contributed by atoms with Gasteiger partial charge in [0.2, 0.25) is 0 Å². The molecule has 0 aliphatic heterocycles. The number of sulfonamides is 1. The van der Waals surface area contributed by atoms with Gasteiger partial charge in [0, 0.05) is 23.9 Å². The number of benzene rings is 3. The average molecular weight is 423 g/mol. The Morgan fingerprint density at radius 3 is 2.23 bits per heavy atom. The van der Waals surface area contributed by atoms with Crippen molar-refractivity contribution < 1.29 is 18.0 Å². The van der Waals surface area contributed by atoms with Crippen LogP contribution in [0.1, 0.15) is 33.2 Å². The van der Waals surface area contributed by atoms with Crippen LogP contribution < -0.4 is 9.62 Å². The van der Waals surface area contributed by atoms with Crippen molar-refractivity contribution in [3.8, 4) is 0 Å². The molecule has 154 valence electrons. The van der Waals surface area contributed by atoms with Crippen LogP contribution in [0.2, 0.25) is 0 Å². The third kappa shape index (κ3) is 4.41. The molecule has 0 fully saturated rings. The minimum absolute atomic E-state index is 0.100. The molecule has 0 unspecified atom stereocenters. The van der Waals surface area contributed by atoms with Gasteiger partial charge < -0.3 is 5.32 Å². The molecule has 0 atom stereocenters. The number of Topliss-reactive ketones (excluding diaryl/α,β-unsaturated/α-hetero) is 1. The van der Waals surface area contributed by atoms with Crippen molar-refractivity contribution in [1.29, 1.82) is 0 Å². The average Bonchev–Trinajstić information content (AvgIpc) is 2.74. The van der Waals surface area contributed by atoms with Crippen molar-refractivity contribution in [2.75, 3.05) is 16.7 Å². The molecular formula is C23H22N2O4S. The lowest BCUT2D eigenvalue weighted by Crippen LogP contribution is -2.27. The predicted molar refractivity (Wildman–Crippen MR) is 118 cm³/mol. The van der Waals surface area contributed by atoms with Crippen molar-refractivity contribution in [2.45, 2.75) is 18.7 Å². The second-order valence-electron chi connectivity index (χ2n) is 6.88. The van der Waals surface area contributed by atoms with E-state index in [-0.39, 0.29) is 10.7 Å². The van der Waals surface area contributed by atoms with Crippen LogP contribution in [0.4, 0.5) is 11.4 Å². The van der Waals surface area contributed by atoms with Gasteiger partial charge in [0.05, 0.1) is 10.6 Å². The molecule has 6 nitrogen and oxygen atoms in total. The zero-order valence-electron chi connectivity index (χ0n) is 16.9. The number of hydrogen-bond acceptors (Lipinski definition) is 4. The molecule has 30 heavy (non-hydrogen) atoms. The Bertz CT molecular complexity index is 1200. The summed E-state index contributed by atoms with van der Waals surface area (Å²) in [6.07, 6.45) is 0. The first kappa shape index (κ1) is 21.3. The Kier molecular flexibility index (Phi) is 6.03. The van der Waals surface area contributed by atoms with Crippen molar-refractivity contribution in [1.82, 2.24) is 0 Å². The third-order valence-corrected chi connectivity index (χ3v) is 6.52. The Hall–Kier alpha value is -3.45. The maximum Gasteiger partial charge on any atom is 0.264 e. The van der Waals surface area contributed by atoms with Crippen LogP contribution in [0.15, 0.2) is 77.7 Å². The summed E-state index contributed by atoms with van der Waals surface area (Å²) in [7, 11) is -2.31. The van der Waals surface area contributed by atoms with Crippen LogP contribution in [0.25, 0.3) is 0 Å². The van der Waals surface area contributed by atoms with E-state index in [0.29, 0.717) is 28.1 Å². The lowest BCUT2D eigenvalue weighted by Gasteiger charge is -2.22. The third-order valence-electron chi connectivity index (χ3n) is 4.74. The Morgan fingerprint density at radius 1 is 0.867 bits per heavy atom. The molecule has 3 rings (SSSR count). The van der Waals surface area contributed by atoms with Gasteiger partial charge in [0.25, 0.3) is 15.9 Å². The van der Waals surface area contributed by atoms with E-state index in [2.05, 4.69) is 5.32 Å². The van der Waals surface area contributed by atoms with E-state index in [1.165, 1.54) is 30.4 Å². The molecule has 0 aliphatic carbocycles. The number of aryl methyl sites for hydroxylation is 1. The van der Waals surface area contributed by atoms with Crippen LogP contribution in [-0.4, -0.2) is 27.2 Å². The van der Waals surface area contributed by atoms with Gasteiger partial charge in [-0.3, -0.25) is 13.9 Å². The lowest BCUT2D eigenvalue weighted by atomic mass is 10.1. The number of carbonyl (C=O) groups excluding carboxylic acids is 2. The molecule has 0 spiro atoms. The van der Waals surface area contributed by atoms with Crippen LogP contribution in [0.5, 0.6) is 0 Å².